The molecule has 1 N–H and O–H groups in total. The van der Waals surface area contributed by atoms with Crippen molar-refractivity contribution in [3.63, 3.8) is 0 Å². The normalized spacial score (nSPS) is 11.9. The second kappa shape index (κ2) is 6.23. The van der Waals surface area contributed by atoms with Gasteiger partial charge in [-0.15, -0.1) is 0 Å². The van der Waals surface area contributed by atoms with Crippen molar-refractivity contribution in [2.45, 2.75) is 12.6 Å². The monoisotopic (exact) mass is 394 g/mol. The first kappa shape index (κ1) is 17.0. The largest absolute Gasteiger partial charge is 0.427 e. The summed E-state index contributed by atoms with van der Waals surface area (Å²) in [6, 6.07) is 1.52. The molecule has 0 aliphatic rings. The molecule has 24 heavy (non-hydrogen) atoms. The number of nitrogens with one attached hydrogen (secondary N) is 1. The topological polar surface area (TPSA) is 59.3 Å². The predicted molar refractivity (Wildman–Crippen MR) is 84.7 cm³/mol. The molecule has 0 atom stereocenters. The van der Waals surface area contributed by atoms with Gasteiger partial charge in [-0.3, -0.25) is 4.79 Å². The number of aromatic nitrogens is 3. The molecule has 0 bridgehead atoms. The maximum absolute atomic E-state index is 12.5. The lowest BCUT2D eigenvalue weighted by molar-refractivity contribution is -0.134. The Bertz CT molecular complexity index is 922. The van der Waals surface area contributed by atoms with Gasteiger partial charge in [-0.05, 0) is 6.07 Å². The number of alkyl halides is 3. The van der Waals surface area contributed by atoms with Gasteiger partial charge in [-0.1, -0.05) is 34.5 Å². The lowest BCUT2D eigenvalue weighted by Crippen LogP contribution is -2.14. The number of pyridine rings is 1. The molecule has 1 amide bonds. The highest BCUT2D eigenvalue weighted by molar-refractivity contribution is 7.15. The first-order chi connectivity index (χ1) is 11.2. The fraction of sp³-hybridized carbons (Fsp3) is 0.154. The first-order valence-corrected chi connectivity index (χ1v) is 7.95. The second-order valence-corrected chi connectivity index (χ2v) is 6.60. The maximum atomic E-state index is 12.5. The van der Waals surface area contributed by atoms with Gasteiger partial charge in [0, 0.05) is 12.4 Å². The number of hydrogen-bond acceptors (Lipinski definition) is 4. The first-order valence-electron chi connectivity index (χ1n) is 6.38. The number of fused-ring (bicyclic) bond motifs is 1. The predicted octanol–water partition coefficient (Wildman–Crippen LogP) is 4.30. The summed E-state index contributed by atoms with van der Waals surface area (Å²) in [5.41, 5.74) is 0.821. The average Bonchev–Trinajstić information content (AvgIpc) is 3.04. The molecule has 0 saturated heterocycles. The van der Waals surface area contributed by atoms with Gasteiger partial charge in [0.25, 0.3) is 0 Å². The van der Waals surface area contributed by atoms with Crippen LogP contribution >= 0.6 is 34.5 Å². The van der Waals surface area contributed by atoms with E-state index in [0.29, 0.717) is 38.9 Å². The molecule has 0 radical (unpaired) electrons. The highest BCUT2D eigenvalue weighted by Crippen LogP contribution is 2.35. The zero-order valence-electron chi connectivity index (χ0n) is 11.6. The molecule has 0 aromatic carbocycles. The van der Waals surface area contributed by atoms with E-state index in [1.807, 2.05) is 0 Å². The minimum atomic E-state index is -4.49. The van der Waals surface area contributed by atoms with Gasteiger partial charge >= 0.3 is 6.18 Å². The Morgan fingerprint density at radius 2 is 2.08 bits per heavy atom. The zero-order chi connectivity index (χ0) is 17.5. The number of amides is 1. The number of halogens is 5. The zero-order valence-corrected chi connectivity index (χ0v) is 13.9. The Kier molecular flexibility index (Phi) is 4.41. The van der Waals surface area contributed by atoms with Gasteiger partial charge in [0.1, 0.15) is 4.88 Å². The number of anilines is 1. The van der Waals surface area contributed by atoms with Crippen LogP contribution in [0.5, 0.6) is 0 Å². The molecule has 3 rings (SSSR count). The number of nitrogens with zero attached hydrogens (tertiary/aromatic N) is 3. The molecule has 11 heteroatoms. The highest BCUT2D eigenvalue weighted by Gasteiger charge is 2.33. The molecule has 0 aliphatic carbocycles. The van der Waals surface area contributed by atoms with E-state index in [1.54, 1.807) is 16.8 Å². The van der Waals surface area contributed by atoms with E-state index in [-0.39, 0.29) is 11.6 Å². The van der Waals surface area contributed by atoms with Crippen LogP contribution in [0.15, 0.2) is 24.7 Å². The van der Waals surface area contributed by atoms with Gasteiger partial charge in [0.2, 0.25) is 5.91 Å². The van der Waals surface area contributed by atoms with E-state index >= 15 is 0 Å². The van der Waals surface area contributed by atoms with E-state index in [4.69, 9.17) is 23.2 Å². The number of rotatable bonds is 3. The molecule has 0 unspecified atom stereocenters. The van der Waals surface area contributed by atoms with E-state index in [9.17, 15) is 18.0 Å². The smallest absolute Gasteiger partial charge is 0.304 e. The fourth-order valence-corrected chi connectivity index (χ4v) is 3.18. The number of thiazole rings is 1. The molecule has 0 saturated carbocycles. The Labute approximate surface area is 147 Å². The Morgan fingerprint density at radius 3 is 2.75 bits per heavy atom. The summed E-state index contributed by atoms with van der Waals surface area (Å²) < 4.78 is 39.1. The summed E-state index contributed by atoms with van der Waals surface area (Å²) in [7, 11) is 0. The maximum Gasteiger partial charge on any atom is 0.427 e. The summed E-state index contributed by atoms with van der Waals surface area (Å²) in [5, 5.41) is 2.91. The van der Waals surface area contributed by atoms with Gasteiger partial charge < -0.3 is 9.72 Å². The second-order valence-electron chi connectivity index (χ2n) is 4.72. The third-order valence-corrected chi connectivity index (χ3v) is 4.34. The molecule has 3 aromatic rings. The Balaban J connectivity index is 1.73. The molecule has 0 spiro atoms. The summed E-state index contributed by atoms with van der Waals surface area (Å²) >= 11 is 12.2. The van der Waals surface area contributed by atoms with Crippen molar-refractivity contribution in [3.8, 4) is 0 Å². The number of imidazole rings is 1. The van der Waals surface area contributed by atoms with E-state index in [0.717, 1.165) is 0 Å². The number of carbonyl (C=O) groups is 1. The van der Waals surface area contributed by atoms with Crippen molar-refractivity contribution in [3.05, 3.63) is 45.3 Å². The van der Waals surface area contributed by atoms with Crippen molar-refractivity contribution in [1.82, 2.24) is 14.4 Å². The third-order valence-electron chi connectivity index (χ3n) is 2.90. The van der Waals surface area contributed by atoms with Crippen LogP contribution in [0.25, 0.3) is 5.65 Å². The molecule has 3 aromatic heterocycles. The third kappa shape index (κ3) is 3.63. The highest BCUT2D eigenvalue weighted by atomic mass is 35.5. The van der Waals surface area contributed by atoms with Crippen molar-refractivity contribution < 1.29 is 18.0 Å². The number of hydrogen-bond donors (Lipinski definition) is 1. The lowest BCUT2D eigenvalue weighted by atomic mass is 10.3. The van der Waals surface area contributed by atoms with Crippen LogP contribution in [-0.4, -0.2) is 20.3 Å². The average molecular weight is 395 g/mol. The van der Waals surface area contributed by atoms with Gasteiger partial charge in [-0.25, -0.2) is 9.97 Å². The van der Waals surface area contributed by atoms with Crippen molar-refractivity contribution in [1.29, 1.82) is 0 Å². The molecular formula is C13H7Cl2F3N4OS. The molecule has 0 fully saturated rings. The SMILES string of the molecule is O=C(Cc1cn2cc(Cl)cc(Cl)c2n1)Nc1ncc(C(F)(F)F)s1. The molecule has 3 heterocycles. The fourth-order valence-electron chi connectivity index (χ4n) is 1.95. The Morgan fingerprint density at radius 1 is 1.33 bits per heavy atom. The van der Waals surface area contributed by atoms with Crippen LogP contribution < -0.4 is 5.32 Å². The van der Waals surface area contributed by atoms with Gasteiger partial charge in [0.05, 0.1) is 28.4 Å². The summed E-state index contributed by atoms with van der Waals surface area (Å²) in [6.07, 6.45) is -0.814. The van der Waals surface area contributed by atoms with Gasteiger partial charge in [0.15, 0.2) is 10.8 Å². The van der Waals surface area contributed by atoms with E-state index in [2.05, 4.69) is 15.3 Å². The minimum Gasteiger partial charge on any atom is -0.304 e. The van der Waals surface area contributed by atoms with Crippen LogP contribution in [0, 0.1) is 0 Å². The van der Waals surface area contributed by atoms with Crippen molar-refractivity contribution in [2.75, 3.05) is 5.32 Å². The summed E-state index contributed by atoms with van der Waals surface area (Å²) in [5.74, 6) is -0.538. The molecule has 5 nitrogen and oxygen atoms in total. The van der Waals surface area contributed by atoms with Crippen molar-refractivity contribution in [2.24, 2.45) is 0 Å². The molecule has 126 valence electrons. The van der Waals surface area contributed by atoms with Crippen LogP contribution in [0.3, 0.4) is 0 Å². The molecular weight excluding hydrogens is 388 g/mol. The van der Waals surface area contributed by atoms with Crippen molar-refractivity contribution >= 4 is 51.2 Å². The number of carbonyl (C=O) groups excluding carboxylic acids is 1. The Hall–Kier alpha value is -1.84. The quantitative estimate of drug-likeness (QED) is 0.720. The lowest BCUT2D eigenvalue weighted by Gasteiger charge is -2.00. The standard InChI is InChI=1S/C13H7Cl2F3N4OS/c14-6-1-8(15)11-20-7(5-22(11)4-6)2-10(23)21-12-19-3-9(24-12)13(16,17)18/h1,3-5H,2H2,(H,19,21,23). The van der Waals surface area contributed by atoms with Crippen LogP contribution in [-0.2, 0) is 17.4 Å². The molecule has 0 aliphatic heterocycles. The minimum absolute atomic E-state index is 0.128. The van der Waals surface area contributed by atoms with E-state index in [1.165, 1.54) is 6.07 Å². The van der Waals surface area contributed by atoms with E-state index < -0.39 is 17.0 Å². The van der Waals surface area contributed by atoms with Gasteiger partial charge in [-0.2, -0.15) is 13.2 Å². The summed E-state index contributed by atoms with van der Waals surface area (Å²) in [6.45, 7) is 0. The summed E-state index contributed by atoms with van der Waals surface area (Å²) in [4.78, 5) is 18.8. The van der Waals surface area contributed by atoms with Crippen LogP contribution in [0.1, 0.15) is 10.6 Å². The van der Waals surface area contributed by atoms with Crippen LogP contribution in [0.2, 0.25) is 10.0 Å². The van der Waals surface area contributed by atoms with Crippen LogP contribution in [0.4, 0.5) is 18.3 Å².